The Morgan fingerprint density at radius 1 is 1.25 bits per heavy atom. The number of rotatable bonds is 3. The fourth-order valence-corrected chi connectivity index (χ4v) is 1.70. The van der Waals surface area contributed by atoms with E-state index in [1.54, 1.807) is 30.1 Å². The molecule has 7 nitrogen and oxygen atoms in total. The second-order valence-corrected chi connectivity index (χ2v) is 4.29. The number of carbonyl (C=O) groups excluding carboxylic acids is 2. The quantitative estimate of drug-likeness (QED) is 0.791. The maximum Gasteiger partial charge on any atom is 0.313 e. The number of aromatic nitrogens is 3. The van der Waals surface area contributed by atoms with Crippen molar-refractivity contribution in [3.63, 3.8) is 0 Å². The highest BCUT2D eigenvalue weighted by Crippen LogP contribution is 2.04. The average molecular weight is 273 g/mol. The van der Waals surface area contributed by atoms with Crippen molar-refractivity contribution >= 4 is 17.5 Å². The molecule has 0 saturated heterocycles. The maximum atomic E-state index is 11.7. The fourth-order valence-electron chi connectivity index (χ4n) is 1.70. The van der Waals surface area contributed by atoms with Crippen molar-refractivity contribution in [2.45, 2.75) is 13.5 Å². The van der Waals surface area contributed by atoms with Gasteiger partial charge in [-0.05, 0) is 19.1 Å². The first-order chi connectivity index (χ1) is 9.56. The molecule has 0 fully saturated rings. The van der Waals surface area contributed by atoms with Crippen molar-refractivity contribution in [1.29, 1.82) is 0 Å². The molecule has 0 aliphatic carbocycles. The Hall–Kier alpha value is -2.70. The summed E-state index contributed by atoms with van der Waals surface area (Å²) in [4.78, 5) is 27.2. The predicted molar refractivity (Wildman–Crippen MR) is 72.7 cm³/mol. The van der Waals surface area contributed by atoms with E-state index in [9.17, 15) is 9.59 Å². The van der Waals surface area contributed by atoms with Gasteiger partial charge in [0.25, 0.3) is 0 Å². The molecule has 20 heavy (non-hydrogen) atoms. The van der Waals surface area contributed by atoms with E-state index in [1.807, 2.05) is 6.92 Å². The Labute approximate surface area is 116 Å². The lowest BCUT2D eigenvalue weighted by Gasteiger charge is -2.05. The number of pyridine rings is 1. The van der Waals surface area contributed by atoms with Crippen LogP contribution in [0.25, 0.3) is 0 Å². The van der Waals surface area contributed by atoms with E-state index in [2.05, 4.69) is 20.7 Å². The summed E-state index contributed by atoms with van der Waals surface area (Å²) >= 11 is 0. The molecule has 2 aromatic rings. The van der Waals surface area contributed by atoms with Gasteiger partial charge in [0.05, 0.1) is 5.69 Å². The highest BCUT2D eigenvalue weighted by atomic mass is 16.2. The first-order valence-electron chi connectivity index (χ1n) is 6.04. The number of hydrogen-bond donors (Lipinski definition) is 2. The molecule has 7 heteroatoms. The van der Waals surface area contributed by atoms with Gasteiger partial charge in [0, 0.05) is 43.4 Å². The number of anilines is 1. The van der Waals surface area contributed by atoms with Crippen LogP contribution in [0.15, 0.2) is 30.7 Å². The van der Waals surface area contributed by atoms with Gasteiger partial charge in [-0.3, -0.25) is 19.3 Å². The summed E-state index contributed by atoms with van der Waals surface area (Å²) in [6.45, 7) is 2.11. The van der Waals surface area contributed by atoms with E-state index < -0.39 is 11.8 Å². The molecule has 0 aliphatic heterocycles. The summed E-state index contributed by atoms with van der Waals surface area (Å²) in [5.74, 6) is -1.40. The van der Waals surface area contributed by atoms with Gasteiger partial charge in [-0.15, -0.1) is 0 Å². The SMILES string of the molecule is Cc1nn(C)cc1CNC(=O)C(=O)Nc1ccncc1. The van der Waals surface area contributed by atoms with Gasteiger partial charge in [-0.25, -0.2) is 0 Å². The lowest BCUT2D eigenvalue weighted by Crippen LogP contribution is -2.35. The molecule has 2 N–H and O–H groups in total. The lowest BCUT2D eigenvalue weighted by atomic mass is 10.2. The molecule has 0 atom stereocenters. The Morgan fingerprint density at radius 2 is 1.95 bits per heavy atom. The molecule has 0 saturated carbocycles. The summed E-state index contributed by atoms with van der Waals surface area (Å²) in [7, 11) is 1.80. The minimum absolute atomic E-state index is 0.266. The van der Waals surface area contributed by atoms with Gasteiger partial charge in [-0.1, -0.05) is 0 Å². The normalized spacial score (nSPS) is 10.1. The number of nitrogens with zero attached hydrogens (tertiary/aromatic N) is 3. The van der Waals surface area contributed by atoms with Crippen LogP contribution in [0.2, 0.25) is 0 Å². The smallest absolute Gasteiger partial charge is 0.313 e. The van der Waals surface area contributed by atoms with Crippen LogP contribution in [0.4, 0.5) is 5.69 Å². The molecule has 0 radical (unpaired) electrons. The summed E-state index contributed by atoms with van der Waals surface area (Å²) < 4.78 is 1.66. The van der Waals surface area contributed by atoms with Crippen LogP contribution in [-0.2, 0) is 23.2 Å². The van der Waals surface area contributed by atoms with Crippen LogP contribution in [0.3, 0.4) is 0 Å². The molecule has 2 aromatic heterocycles. The largest absolute Gasteiger partial charge is 0.344 e. The monoisotopic (exact) mass is 273 g/mol. The summed E-state index contributed by atoms with van der Waals surface area (Å²) in [5, 5.41) is 9.20. The highest BCUT2D eigenvalue weighted by molar-refractivity contribution is 6.39. The van der Waals surface area contributed by atoms with Gasteiger partial charge < -0.3 is 10.6 Å². The van der Waals surface area contributed by atoms with Crippen LogP contribution in [0.1, 0.15) is 11.3 Å². The van der Waals surface area contributed by atoms with Crippen LogP contribution in [-0.4, -0.2) is 26.6 Å². The van der Waals surface area contributed by atoms with E-state index in [-0.39, 0.29) is 6.54 Å². The predicted octanol–water partition coefficient (Wildman–Crippen LogP) is 0.378. The molecule has 0 spiro atoms. The van der Waals surface area contributed by atoms with Crippen LogP contribution in [0, 0.1) is 6.92 Å². The number of amides is 2. The number of aryl methyl sites for hydroxylation is 2. The summed E-state index contributed by atoms with van der Waals surface area (Å²) in [6, 6.07) is 3.22. The van der Waals surface area contributed by atoms with Crippen LogP contribution in [0.5, 0.6) is 0 Å². The molecular weight excluding hydrogens is 258 g/mol. The minimum Gasteiger partial charge on any atom is -0.344 e. The van der Waals surface area contributed by atoms with Gasteiger partial charge in [0.1, 0.15) is 0 Å². The zero-order valence-corrected chi connectivity index (χ0v) is 11.3. The van der Waals surface area contributed by atoms with E-state index in [4.69, 9.17) is 0 Å². The zero-order valence-electron chi connectivity index (χ0n) is 11.3. The second-order valence-electron chi connectivity index (χ2n) is 4.29. The van der Waals surface area contributed by atoms with Gasteiger partial charge in [0.2, 0.25) is 0 Å². The van der Waals surface area contributed by atoms with Gasteiger partial charge >= 0.3 is 11.8 Å². The number of nitrogens with one attached hydrogen (secondary N) is 2. The van der Waals surface area contributed by atoms with Crippen molar-refractivity contribution in [2.24, 2.45) is 7.05 Å². The van der Waals surface area contributed by atoms with Crippen LogP contribution < -0.4 is 10.6 Å². The Balaban J connectivity index is 1.89. The number of carbonyl (C=O) groups is 2. The minimum atomic E-state index is -0.710. The van der Waals surface area contributed by atoms with Crippen molar-refractivity contribution in [1.82, 2.24) is 20.1 Å². The third kappa shape index (κ3) is 3.41. The third-order valence-electron chi connectivity index (χ3n) is 2.70. The molecule has 2 amide bonds. The summed E-state index contributed by atoms with van der Waals surface area (Å²) in [5.41, 5.74) is 2.22. The van der Waals surface area contributed by atoms with Crippen molar-refractivity contribution in [3.05, 3.63) is 42.0 Å². The van der Waals surface area contributed by atoms with E-state index in [0.717, 1.165) is 11.3 Å². The summed E-state index contributed by atoms with van der Waals surface area (Å²) in [6.07, 6.45) is 4.87. The van der Waals surface area contributed by atoms with Gasteiger partial charge in [-0.2, -0.15) is 5.10 Å². The van der Waals surface area contributed by atoms with Crippen molar-refractivity contribution < 1.29 is 9.59 Å². The Kier molecular flexibility index (Phi) is 4.09. The molecule has 2 heterocycles. The molecule has 104 valence electrons. The number of hydrogen-bond acceptors (Lipinski definition) is 4. The van der Waals surface area contributed by atoms with E-state index in [0.29, 0.717) is 5.69 Å². The molecule has 0 bridgehead atoms. The molecule has 0 unspecified atom stereocenters. The van der Waals surface area contributed by atoms with E-state index >= 15 is 0 Å². The fraction of sp³-hybridized carbons (Fsp3) is 0.231. The standard InChI is InChI=1S/C13H15N5O2/c1-9-10(8-18(2)17-9)7-15-12(19)13(20)16-11-3-5-14-6-4-11/h3-6,8H,7H2,1-2H3,(H,15,19)(H,14,16,20). The first kappa shape index (κ1) is 13.7. The van der Waals surface area contributed by atoms with Gasteiger partial charge in [0.15, 0.2) is 0 Å². The Morgan fingerprint density at radius 3 is 2.55 bits per heavy atom. The lowest BCUT2D eigenvalue weighted by molar-refractivity contribution is -0.136. The molecule has 2 rings (SSSR count). The Bertz CT molecular complexity index is 621. The second kappa shape index (κ2) is 5.96. The molecular formula is C13H15N5O2. The maximum absolute atomic E-state index is 11.7. The zero-order chi connectivity index (χ0) is 14.5. The molecule has 0 aromatic carbocycles. The topological polar surface area (TPSA) is 88.9 Å². The highest BCUT2D eigenvalue weighted by Gasteiger charge is 2.14. The average Bonchev–Trinajstić information content (AvgIpc) is 2.75. The van der Waals surface area contributed by atoms with E-state index in [1.165, 1.54) is 12.4 Å². The van der Waals surface area contributed by atoms with Crippen molar-refractivity contribution in [2.75, 3.05) is 5.32 Å². The van der Waals surface area contributed by atoms with Crippen molar-refractivity contribution in [3.8, 4) is 0 Å². The third-order valence-corrected chi connectivity index (χ3v) is 2.70. The van der Waals surface area contributed by atoms with Crippen LogP contribution >= 0.6 is 0 Å². The first-order valence-corrected chi connectivity index (χ1v) is 6.04. The molecule has 0 aliphatic rings.